The molecular weight excluding hydrogens is 308 g/mol. The van der Waals surface area contributed by atoms with Gasteiger partial charge in [-0.2, -0.15) is 0 Å². The van der Waals surface area contributed by atoms with Crippen LogP contribution < -0.4 is 9.47 Å². The maximum atomic E-state index is 12.7. The molecule has 1 fully saturated rings. The summed E-state index contributed by atoms with van der Waals surface area (Å²) in [6.07, 6.45) is 1.09. The zero-order valence-electron chi connectivity index (χ0n) is 14.4. The first-order valence-corrected chi connectivity index (χ1v) is 8.44. The topological polar surface area (TPSA) is 59.1 Å². The van der Waals surface area contributed by atoms with Gasteiger partial charge in [-0.3, -0.25) is 9.59 Å². The monoisotopic (exact) mass is 332 g/mol. The molecule has 0 spiro atoms. The molecule has 6 heteroatoms. The van der Waals surface area contributed by atoms with Gasteiger partial charge in [-0.05, 0) is 38.1 Å². The normalized spacial score (nSPS) is 18.1. The molecule has 1 saturated heterocycles. The van der Waals surface area contributed by atoms with Gasteiger partial charge in [0.2, 0.25) is 12.7 Å². The van der Waals surface area contributed by atoms with E-state index < -0.39 is 6.04 Å². The second-order valence-electron chi connectivity index (χ2n) is 6.51. The molecule has 6 nitrogen and oxygen atoms in total. The standard InChI is InChI=1S/C18H24N2O4/c1-4-7-20-9-14(10-20)18(22)19(3)12(2)17(21)13-5-6-15-16(8-13)24-11-23-15/h5-6,8,12,14H,4,7,9-11H2,1-3H3/t12-/m0/s1. The number of carbonyl (C=O) groups excluding carboxylic acids is 2. The number of Topliss-reactive ketones (excluding diaryl/α,β-unsaturated/α-hetero) is 1. The summed E-state index contributed by atoms with van der Waals surface area (Å²) in [4.78, 5) is 29.1. The fourth-order valence-electron chi connectivity index (χ4n) is 3.17. The van der Waals surface area contributed by atoms with E-state index >= 15 is 0 Å². The van der Waals surface area contributed by atoms with Gasteiger partial charge in [-0.15, -0.1) is 0 Å². The Morgan fingerprint density at radius 3 is 2.71 bits per heavy atom. The molecule has 0 N–H and O–H groups in total. The SMILES string of the molecule is CCCN1CC(C(=O)N(C)[C@@H](C)C(=O)c2ccc3c(c2)OCO3)C1. The van der Waals surface area contributed by atoms with E-state index in [1.807, 2.05) is 0 Å². The minimum Gasteiger partial charge on any atom is -0.454 e. The molecule has 2 aliphatic heterocycles. The summed E-state index contributed by atoms with van der Waals surface area (Å²) < 4.78 is 10.6. The van der Waals surface area contributed by atoms with Crippen molar-refractivity contribution in [2.75, 3.05) is 33.5 Å². The third kappa shape index (κ3) is 3.11. The lowest BCUT2D eigenvalue weighted by Crippen LogP contribution is -2.56. The van der Waals surface area contributed by atoms with Crippen LogP contribution in [0.4, 0.5) is 0 Å². The molecule has 2 heterocycles. The van der Waals surface area contributed by atoms with Gasteiger partial charge in [-0.25, -0.2) is 0 Å². The molecule has 0 aliphatic carbocycles. The molecule has 1 amide bonds. The fourth-order valence-corrected chi connectivity index (χ4v) is 3.17. The van der Waals surface area contributed by atoms with Crippen molar-refractivity contribution in [2.24, 2.45) is 5.92 Å². The zero-order valence-corrected chi connectivity index (χ0v) is 14.4. The number of likely N-dealkylation sites (N-methyl/N-ethyl adjacent to an activating group) is 1. The molecule has 0 unspecified atom stereocenters. The number of benzene rings is 1. The van der Waals surface area contributed by atoms with Crippen molar-refractivity contribution in [3.63, 3.8) is 0 Å². The van der Waals surface area contributed by atoms with Gasteiger partial charge in [0, 0.05) is 25.7 Å². The van der Waals surface area contributed by atoms with E-state index in [1.165, 1.54) is 0 Å². The van der Waals surface area contributed by atoms with Crippen LogP contribution in [0, 0.1) is 5.92 Å². The molecular formula is C18H24N2O4. The Morgan fingerprint density at radius 1 is 1.29 bits per heavy atom. The summed E-state index contributed by atoms with van der Waals surface area (Å²) in [5.74, 6) is 1.19. The van der Waals surface area contributed by atoms with Gasteiger partial charge in [-0.1, -0.05) is 6.92 Å². The average Bonchev–Trinajstić information content (AvgIpc) is 3.02. The lowest BCUT2D eigenvalue weighted by molar-refractivity contribution is -0.140. The van der Waals surface area contributed by atoms with Gasteiger partial charge in [0.15, 0.2) is 17.3 Å². The highest BCUT2D eigenvalue weighted by molar-refractivity contribution is 6.02. The van der Waals surface area contributed by atoms with Crippen LogP contribution in [0.25, 0.3) is 0 Å². The van der Waals surface area contributed by atoms with E-state index in [1.54, 1.807) is 37.1 Å². The Hall–Kier alpha value is -2.08. The van der Waals surface area contributed by atoms with E-state index in [4.69, 9.17) is 9.47 Å². The van der Waals surface area contributed by atoms with E-state index in [0.29, 0.717) is 17.1 Å². The maximum Gasteiger partial charge on any atom is 0.231 e. The summed E-state index contributed by atoms with van der Waals surface area (Å²) in [7, 11) is 1.71. The highest BCUT2D eigenvalue weighted by atomic mass is 16.7. The number of hydrogen-bond acceptors (Lipinski definition) is 5. The molecule has 1 aromatic rings. The Bertz CT molecular complexity index is 640. The fraction of sp³-hybridized carbons (Fsp3) is 0.556. The van der Waals surface area contributed by atoms with Crippen LogP contribution in [0.1, 0.15) is 30.6 Å². The van der Waals surface area contributed by atoms with Crippen LogP contribution in [0.15, 0.2) is 18.2 Å². The van der Waals surface area contributed by atoms with E-state index in [0.717, 1.165) is 26.1 Å². The third-order valence-corrected chi connectivity index (χ3v) is 4.81. The second kappa shape index (κ2) is 6.81. The lowest BCUT2D eigenvalue weighted by atomic mass is 9.96. The van der Waals surface area contributed by atoms with E-state index in [9.17, 15) is 9.59 Å². The Balaban J connectivity index is 1.62. The number of fused-ring (bicyclic) bond motifs is 1. The van der Waals surface area contributed by atoms with Crippen molar-refractivity contribution in [2.45, 2.75) is 26.3 Å². The number of amides is 1. The van der Waals surface area contributed by atoms with Crippen LogP contribution in [0.2, 0.25) is 0 Å². The summed E-state index contributed by atoms with van der Waals surface area (Å²) in [6, 6.07) is 4.64. The molecule has 0 aromatic heterocycles. The smallest absolute Gasteiger partial charge is 0.231 e. The average molecular weight is 332 g/mol. The van der Waals surface area contributed by atoms with Crippen molar-refractivity contribution in [3.05, 3.63) is 23.8 Å². The number of ketones is 1. The molecule has 0 radical (unpaired) electrons. The largest absolute Gasteiger partial charge is 0.454 e. The Kier molecular flexibility index (Phi) is 4.76. The molecule has 1 aromatic carbocycles. The molecule has 0 bridgehead atoms. The summed E-state index contributed by atoms with van der Waals surface area (Å²) in [5, 5.41) is 0. The quantitative estimate of drug-likeness (QED) is 0.743. The van der Waals surface area contributed by atoms with Gasteiger partial charge in [0.1, 0.15) is 0 Å². The lowest BCUT2D eigenvalue weighted by Gasteiger charge is -2.40. The minimum atomic E-state index is -0.502. The summed E-state index contributed by atoms with van der Waals surface area (Å²) in [6.45, 7) is 6.70. The highest BCUT2D eigenvalue weighted by Crippen LogP contribution is 2.33. The summed E-state index contributed by atoms with van der Waals surface area (Å²) >= 11 is 0. The first-order chi connectivity index (χ1) is 11.5. The number of hydrogen-bond donors (Lipinski definition) is 0. The molecule has 0 saturated carbocycles. The van der Waals surface area contributed by atoms with Crippen molar-refractivity contribution >= 4 is 11.7 Å². The van der Waals surface area contributed by atoms with Crippen LogP contribution in [0.5, 0.6) is 11.5 Å². The minimum absolute atomic E-state index is 0.00792. The molecule has 2 aliphatic rings. The number of ether oxygens (including phenoxy) is 2. The molecule has 3 rings (SSSR count). The van der Waals surface area contributed by atoms with Crippen molar-refractivity contribution in [3.8, 4) is 11.5 Å². The maximum absolute atomic E-state index is 12.7. The van der Waals surface area contributed by atoms with Crippen LogP contribution >= 0.6 is 0 Å². The Morgan fingerprint density at radius 2 is 2.00 bits per heavy atom. The van der Waals surface area contributed by atoms with Crippen molar-refractivity contribution in [1.82, 2.24) is 9.80 Å². The zero-order chi connectivity index (χ0) is 17.3. The van der Waals surface area contributed by atoms with Crippen LogP contribution in [0.3, 0.4) is 0 Å². The first kappa shape index (κ1) is 16.8. The second-order valence-corrected chi connectivity index (χ2v) is 6.51. The predicted octanol–water partition coefficient (Wildman–Crippen LogP) is 1.79. The first-order valence-electron chi connectivity index (χ1n) is 8.44. The Labute approximate surface area is 142 Å². The van der Waals surface area contributed by atoms with Crippen LogP contribution in [-0.4, -0.2) is 61.0 Å². The number of likely N-dealkylation sites (tertiary alicyclic amines) is 1. The number of nitrogens with zero attached hydrogens (tertiary/aromatic N) is 2. The highest BCUT2D eigenvalue weighted by Gasteiger charge is 2.36. The predicted molar refractivity (Wildman–Crippen MR) is 89.3 cm³/mol. The third-order valence-electron chi connectivity index (χ3n) is 4.81. The van der Waals surface area contributed by atoms with Crippen molar-refractivity contribution < 1.29 is 19.1 Å². The molecule has 130 valence electrons. The number of rotatable bonds is 6. The summed E-state index contributed by atoms with van der Waals surface area (Å²) in [5.41, 5.74) is 0.535. The van der Waals surface area contributed by atoms with Gasteiger partial charge in [0.25, 0.3) is 0 Å². The van der Waals surface area contributed by atoms with Gasteiger partial charge in [0.05, 0.1) is 12.0 Å². The molecule has 24 heavy (non-hydrogen) atoms. The van der Waals surface area contributed by atoms with Gasteiger partial charge >= 0.3 is 0 Å². The molecule has 1 atom stereocenters. The van der Waals surface area contributed by atoms with Gasteiger partial charge < -0.3 is 19.3 Å². The number of carbonyl (C=O) groups is 2. The van der Waals surface area contributed by atoms with Crippen LogP contribution in [-0.2, 0) is 4.79 Å². The van der Waals surface area contributed by atoms with Crippen molar-refractivity contribution in [1.29, 1.82) is 0 Å². The van der Waals surface area contributed by atoms with E-state index in [2.05, 4.69) is 11.8 Å². The van der Waals surface area contributed by atoms with E-state index in [-0.39, 0.29) is 24.4 Å².